The monoisotopic (exact) mass is 325 g/mol. The van der Waals surface area contributed by atoms with Crippen LogP contribution in [0.1, 0.15) is 30.7 Å². The average molecular weight is 325 g/mol. The molecule has 0 amide bonds. The predicted octanol–water partition coefficient (Wildman–Crippen LogP) is 3.70. The number of β-amino-alcohol motifs (C(OH)–C–C–N with tert-alkyl or cyclic N) is 1. The summed E-state index contributed by atoms with van der Waals surface area (Å²) in [5, 5.41) is 10.5. The van der Waals surface area contributed by atoms with E-state index in [1.165, 1.54) is 5.56 Å². The zero-order chi connectivity index (χ0) is 16.6. The third kappa shape index (κ3) is 4.83. The maximum atomic E-state index is 10.5. The van der Waals surface area contributed by atoms with Gasteiger partial charge >= 0.3 is 0 Å². The molecule has 0 spiro atoms. The minimum absolute atomic E-state index is 0.262. The van der Waals surface area contributed by atoms with Gasteiger partial charge in [-0.05, 0) is 50.0 Å². The lowest BCUT2D eigenvalue weighted by atomic mass is 9.87. The van der Waals surface area contributed by atoms with Crippen LogP contribution in [0.2, 0.25) is 0 Å². The highest BCUT2D eigenvalue weighted by Gasteiger charge is 2.28. The van der Waals surface area contributed by atoms with Gasteiger partial charge in [-0.2, -0.15) is 0 Å². The molecule has 1 aliphatic heterocycles. The van der Waals surface area contributed by atoms with Crippen molar-refractivity contribution >= 4 is 0 Å². The van der Waals surface area contributed by atoms with Gasteiger partial charge in [-0.1, -0.05) is 48.5 Å². The second-order valence-corrected chi connectivity index (χ2v) is 6.54. The second kappa shape index (κ2) is 8.86. The quantitative estimate of drug-likeness (QED) is 0.788. The molecule has 0 unspecified atom stereocenters. The SMILES string of the molecule is O[C@@H]1CN(CCCCOc2ccccc2)CC[C@@H]1c1ccccc1. The minimum atomic E-state index is -0.262. The molecule has 1 N–H and O–H groups in total. The number of aliphatic hydroxyl groups excluding tert-OH is 1. The van der Waals surface area contributed by atoms with Gasteiger partial charge in [0, 0.05) is 12.5 Å². The molecular weight excluding hydrogens is 298 g/mol. The van der Waals surface area contributed by atoms with Gasteiger partial charge < -0.3 is 14.7 Å². The van der Waals surface area contributed by atoms with E-state index >= 15 is 0 Å². The lowest BCUT2D eigenvalue weighted by Gasteiger charge is -2.36. The first kappa shape index (κ1) is 17.0. The largest absolute Gasteiger partial charge is 0.494 e. The summed E-state index contributed by atoms with van der Waals surface area (Å²) in [5.41, 5.74) is 1.26. The standard InChI is InChI=1S/C21H27NO2/c23-21-17-22(15-13-20(21)18-9-3-1-4-10-18)14-7-8-16-24-19-11-5-2-6-12-19/h1-6,9-12,20-21,23H,7-8,13-17H2/t20-,21-/m1/s1. The summed E-state index contributed by atoms with van der Waals surface area (Å²) in [7, 11) is 0. The zero-order valence-electron chi connectivity index (χ0n) is 14.2. The summed E-state index contributed by atoms with van der Waals surface area (Å²) in [6, 6.07) is 20.4. The molecule has 1 saturated heterocycles. The summed E-state index contributed by atoms with van der Waals surface area (Å²) in [6.07, 6.45) is 2.92. The number of hydrogen-bond acceptors (Lipinski definition) is 3. The van der Waals surface area contributed by atoms with E-state index in [9.17, 15) is 5.11 Å². The van der Waals surface area contributed by atoms with Crippen molar-refractivity contribution in [3.63, 3.8) is 0 Å². The van der Waals surface area contributed by atoms with E-state index in [-0.39, 0.29) is 12.0 Å². The fraction of sp³-hybridized carbons (Fsp3) is 0.429. The van der Waals surface area contributed by atoms with Crippen molar-refractivity contribution in [2.24, 2.45) is 0 Å². The normalized spacial score (nSPS) is 21.5. The number of nitrogens with zero attached hydrogens (tertiary/aromatic N) is 1. The lowest BCUT2D eigenvalue weighted by molar-refractivity contribution is 0.0501. The Morgan fingerprint density at radius 2 is 1.67 bits per heavy atom. The smallest absolute Gasteiger partial charge is 0.119 e. The highest BCUT2D eigenvalue weighted by molar-refractivity contribution is 5.22. The van der Waals surface area contributed by atoms with Crippen LogP contribution < -0.4 is 4.74 Å². The molecule has 0 aromatic heterocycles. The van der Waals surface area contributed by atoms with Crippen molar-refractivity contribution < 1.29 is 9.84 Å². The molecule has 0 saturated carbocycles. The number of piperidine rings is 1. The first-order chi connectivity index (χ1) is 11.8. The van der Waals surface area contributed by atoms with Gasteiger partial charge in [0.05, 0.1) is 12.7 Å². The third-order valence-electron chi connectivity index (χ3n) is 4.77. The Kier molecular flexibility index (Phi) is 6.27. The van der Waals surface area contributed by atoms with Crippen LogP contribution in [0.25, 0.3) is 0 Å². The van der Waals surface area contributed by atoms with Gasteiger partial charge in [-0.3, -0.25) is 0 Å². The molecule has 2 aromatic rings. The number of benzene rings is 2. The van der Waals surface area contributed by atoms with Gasteiger partial charge in [0.25, 0.3) is 0 Å². The molecule has 1 aliphatic rings. The number of para-hydroxylation sites is 1. The van der Waals surface area contributed by atoms with Crippen LogP contribution in [0.5, 0.6) is 5.75 Å². The number of unbranched alkanes of at least 4 members (excludes halogenated alkanes) is 1. The number of hydrogen-bond donors (Lipinski definition) is 1. The fourth-order valence-electron chi connectivity index (χ4n) is 3.43. The first-order valence-electron chi connectivity index (χ1n) is 8.96. The van der Waals surface area contributed by atoms with Crippen LogP contribution in [0.4, 0.5) is 0 Å². The topological polar surface area (TPSA) is 32.7 Å². The third-order valence-corrected chi connectivity index (χ3v) is 4.77. The fourth-order valence-corrected chi connectivity index (χ4v) is 3.43. The van der Waals surface area contributed by atoms with Crippen LogP contribution in [0, 0.1) is 0 Å². The maximum Gasteiger partial charge on any atom is 0.119 e. The Labute approximate surface area is 144 Å². The van der Waals surface area contributed by atoms with Crippen molar-refractivity contribution in [1.82, 2.24) is 4.90 Å². The van der Waals surface area contributed by atoms with Crippen LogP contribution in [0.3, 0.4) is 0 Å². The molecule has 2 atom stereocenters. The summed E-state index contributed by atoms with van der Waals surface area (Å²) in [5.74, 6) is 1.22. The minimum Gasteiger partial charge on any atom is -0.494 e. The number of likely N-dealkylation sites (tertiary alicyclic amines) is 1. The molecule has 3 heteroatoms. The lowest BCUT2D eigenvalue weighted by Crippen LogP contribution is -2.43. The Morgan fingerprint density at radius 3 is 2.38 bits per heavy atom. The van der Waals surface area contributed by atoms with Crippen molar-refractivity contribution in [3.05, 3.63) is 66.2 Å². The van der Waals surface area contributed by atoms with Gasteiger partial charge in [-0.25, -0.2) is 0 Å². The van der Waals surface area contributed by atoms with E-state index in [1.807, 2.05) is 36.4 Å². The number of ether oxygens (including phenoxy) is 1. The Hall–Kier alpha value is -1.84. The van der Waals surface area contributed by atoms with Crippen molar-refractivity contribution in [2.75, 3.05) is 26.2 Å². The van der Waals surface area contributed by atoms with E-state index in [1.54, 1.807) is 0 Å². The number of aliphatic hydroxyl groups is 1. The molecule has 1 heterocycles. The highest BCUT2D eigenvalue weighted by Crippen LogP contribution is 2.28. The molecule has 1 fully saturated rings. The summed E-state index contributed by atoms with van der Waals surface area (Å²) in [6.45, 7) is 3.64. The molecule has 0 aliphatic carbocycles. The Morgan fingerprint density at radius 1 is 0.958 bits per heavy atom. The molecule has 3 rings (SSSR count). The maximum absolute atomic E-state index is 10.5. The molecule has 0 radical (unpaired) electrons. The van der Waals surface area contributed by atoms with Gasteiger partial charge in [0.1, 0.15) is 5.75 Å². The van der Waals surface area contributed by atoms with Crippen LogP contribution in [-0.2, 0) is 0 Å². The molecule has 0 bridgehead atoms. The van der Waals surface area contributed by atoms with Crippen LogP contribution >= 0.6 is 0 Å². The van der Waals surface area contributed by atoms with E-state index in [2.05, 4.69) is 29.2 Å². The van der Waals surface area contributed by atoms with Crippen LogP contribution in [-0.4, -0.2) is 42.4 Å². The first-order valence-corrected chi connectivity index (χ1v) is 8.96. The summed E-state index contributed by atoms with van der Waals surface area (Å²) < 4.78 is 5.72. The van der Waals surface area contributed by atoms with Gasteiger partial charge in [0.15, 0.2) is 0 Å². The molecule has 3 nitrogen and oxygen atoms in total. The van der Waals surface area contributed by atoms with E-state index in [0.29, 0.717) is 0 Å². The number of rotatable bonds is 7. The predicted molar refractivity (Wildman–Crippen MR) is 97.4 cm³/mol. The molecule has 2 aromatic carbocycles. The molecule has 128 valence electrons. The zero-order valence-corrected chi connectivity index (χ0v) is 14.2. The average Bonchev–Trinajstić information content (AvgIpc) is 2.63. The van der Waals surface area contributed by atoms with Crippen LogP contribution in [0.15, 0.2) is 60.7 Å². The summed E-state index contributed by atoms with van der Waals surface area (Å²) >= 11 is 0. The van der Waals surface area contributed by atoms with E-state index in [4.69, 9.17) is 4.74 Å². The highest BCUT2D eigenvalue weighted by atomic mass is 16.5. The Bertz CT molecular complexity index is 587. The Balaban J connectivity index is 1.34. The van der Waals surface area contributed by atoms with Gasteiger partial charge in [0.2, 0.25) is 0 Å². The van der Waals surface area contributed by atoms with Crippen molar-refractivity contribution in [3.8, 4) is 5.75 Å². The van der Waals surface area contributed by atoms with Crippen molar-refractivity contribution in [1.29, 1.82) is 0 Å². The second-order valence-electron chi connectivity index (χ2n) is 6.54. The summed E-state index contributed by atoms with van der Waals surface area (Å²) in [4.78, 5) is 2.38. The molecule has 24 heavy (non-hydrogen) atoms. The van der Waals surface area contributed by atoms with E-state index < -0.39 is 0 Å². The molecular formula is C21H27NO2. The van der Waals surface area contributed by atoms with E-state index in [0.717, 1.165) is 51.3 Å². The van der Waals surface area contributed by atoms with Crippen molar-refractivity contribution in [2.45, 2.75) is 31.3 Å². The van der Waals surface area contributed by atoms with Gasteiger partial charge in [-0.15, -0.1) is 0 Å².